The van der Waals surface area contributed by atoms with E-state index < -0.39 is 0 Å². The number of furan rings is 1. The summed E-state index contributed by atoms with van der Waals surface area (Å²) in [6.07, 6.45) is 5.13. The number of likely N-dealkylation sites (N-methyl/N-ethyl adjacent to an activating group) is 1. The van der Waals surface area contributed by atoms with E-state index in [2.05, 4.69) is 24.3 Å². The van der Waals surface area contributed by atoms with E-state index in [0.717, 1.165) is 41.4 Å². The number of nitrogens with zero attached hydrogens (tertiary/aromatic N) is 2. The average Bonchev–Trinajstić information content (AvgIpc) is 3.01. The van der Waals surface area contributed by atoms with Gasteiger partial charge in [0.25, 0.3) is 0 Å². The third-order valence-corrected chi connectivity index (χ3v) is 3.73. The van der Waals surface area contributed by atoms with E-state index in [1.54, 1.807) is 12.5 Å². The maximum Gasteiger partial charge on any atom is 0.0950 e. The first-order valence-electron chi connectivity index (χ1n) is 6.63. The Hall–Kier alpha value is -1.26. The van der Waals surface area contributed by atoms with Crippen LogP contribution < -0.4 is 5.32 Å². The Morgan fingerprint density at radius 3 is 2.79 bits per heavy atom. The molecule has 2 aromatic rings. The molecular weight excluding hydrogens is 262 g/mol. The second-order valence-corrected chi connectivity index (χ2v) is 4.93. The third-order valence-electron chi connectivity index (χ3n) is 3.30. The number of rotatable bonds is 6. The predicted octanol–water partition coefficient (Wildman–Crippen LogP) is 3.12. The van der Waals surface area contributed by atoms with E-state index in [4.69, 9.17) is 16.0 Å². The molecule has 4 nitrogen and oxygen atoms in total. The van der Waals surface area contributed by atoms with Crippen molar-refractivity contribution in [1.82, 2.24) is 15.1 Å². The summed E-state index contributed by atoms with van der Waals surface area (Å²) in [7, 11) is 1.94. The summed E-state index contributed by atoms with van der Waals surface area (Å²) in [5.41, 5.74) is 3.16. The topological polar surface area (TPSA) is 43.0 Å². The van der Waals surface area contributed by atoms with Crippen LogP contribution in [0.1, 0.15) is 36.8 Å². The van der Waals surface area contributed by atoms with Gasteiger partial charge in [0.1, 0.15) is 0 Å². The van der Waals surface area contributed by atoms with Crippen LogP contribution in [0.2, 0.25) is 5.02 Å². The van der Waals surface area contributed by atoms with Crippen LogP contribution in [-0.2, 0) is 19.9 Å². The number of aryl methyl sites for hydroxylation is 2. The normalized spacial score (nSPS) is 12.8. The van der Waals surface area contributed by atoms with Gasteiger partial charge in [0.2, 0.25) is 0 Å². The lowest BCUT2D eigenvalue weighted by atomic mass is 10.0. The minimum Gasteiger partial charge on any atom is -0.472 e. The van der Waals surface area contributed by atoms with E-state index in [0.29, 0.717) is 0 Å². The molecule has 0 saturated carbocycles. The van der Waals surface area contributed by atoms with Gasteiger partial charge in [-0.2, -0.15) is 5.10 Å². The summed E-state index contributed by atoms with van der Waals surface area (Å²) in [4.78, 5) is 0. The lowest BCUT2D eigenvalue weighted by Gasteiger charge is -2.16. The van der Waals surface area contributed by atoms with Gasteiger partial charge in [0, 0.05) is 25.1 Å². The van der Waals surface area contributed by atoms with Gasteiger partial charge in [-0.05, 0) is 19.0 Å². The summed E-state index contributed by atoms with van der Waals surface area (Å²) >= 11 is 6.40. The van der Waals surface area contributed by atoms with Crippen molar-refractivity contribution in [3.05, 3.63) is 40.6 Å². The van der Waals surface area contributed by atoms with Crippen LogP contribution in [0.4, 0.5) is 0 Å². The van der Waals surface area contributed by atoms with Crippen molar-refractivity contribution >= 4 is 11.6 Å². The van der Waals surface area contributed by atoms with Gasteiger partial charge in [-0.15, -0.1) is 0 Å². The zero-order valence-electron chi connectivity index (χ0n) is 11.6. The zero-order chi connectivity index (χ0) is 13.8. The monoisotopic (exact) mass is 281 g/mol. The number of hydrogen-bond donors (Lipinski definition) is 1. The summed E-state index contributed by atoms with van der Waals surface area (Å²) in [5, 5.41) is 8.70. The van der Waals surface area contributed by atoms with Crippen molar-refractivity contribution in [3.63, 3.8) is 0 Å². The van der Waals surface area contributed by atoms with Crippen LogP contribution >= 0.6 is 11.6 Å². The molecule has 0 aliphatic rings. The molecule has 0 radical (unpaired) electrons. The van der Waals surface area contributed by atoms with Crippen molar-refractivity contribution in [2.75, 3.05) is 6.54 Å². The van der Waals surface area contributed by atoms with E-state index in [-0.39, 0.29) is 6.04 Å². The van der Waals surface area contributed by atoms with Gasteiger partial charge in [0.15, 0.2) is 0 Å². The molecule has 0 fully saturated rings. The van der Waals surface area contributed by atoms with Gasteiger partial charge in [-0.25, -0.2) is 0 Å². The first kappa shape index (κ1) is 14.2. The minimum atomic E-state index is 0.196. The highest BCUT2D eigenvalue weighted by molar-refractivity contribution is 6.31. The zero-order valence-corrected chi connectivity index (χ0v) is 12.4. The van der Waals surface area contributed by atoms with Gasteiger partial charge < -0.3 is 9.73 Å². The average molecular weight is 282 g/mol. The van der Waals surface area contributed by atoms with Crippen molar-refractivity contribution < 1.29 is 4.42 Å². The SMILES string of the molecule is CCNC(Cc1c(Cl)c(CC)nn1C)c1ccoc1. The molecule has 0 aromatic carbocycles. The van der Waals surface area contributed by atoms with Crippen LogP contribution in [0.3, 0.4) is 0 Å². The Morgan fingerprint density at radius 2 is 2.26 bits per heavy atom. The molecule has 0 amide bonds. The van der Waals surface area contributed by atoms with E-state index >= 15 is 0 Å². The van der Waals surface area contributed by atoms with Crippen LogP contribution in [-0.4, -0.2) is 16.3 Å². The lowest BCUT2D eigenvalue weighted by Crippen LogP contribution is -2.23. The summed E-state index contributed by atoms with van der Waals surface area (Å²) < 4.78 is 7.05. The first-order valence-corrected chi connectivity index (χ1v) is 7.00. The fourth-order valence-corrected chi connectivity index (χ4v) is 2.63. The van der Waals surface area contributed by atoms with Gasteiger partial charge in [-0.3, -0.25) is 4.68 Å². The van der Waals surface area contributed by atoms with Gasteiger partial charge in [0.05, 0.1) is 28.9 Å². The molecule has 1 unspecified atom stereocenters. The Labute approximate surface area is 118 Å². The molecule has 1 N–H and O–H groups in total. The molecule has 0 aliphatic carbocycles. The molecule has 0 bridgehead atoms. The van der Waals surface area contributed by atoms with Crippen LogP contribution in [0, 0.1) is 0 Å². The van der Waals surface area contributed by atoms with Gasteiger partial charge >= 0.3 is 0 Å². The molecule has 2 heterocycles. The maximum absolute atomic E-state index is 6.40. The summed E-state index contributed by atoms with van der Waals surface area (Å²) in [6, 6.07) is 2.18. The van der Waals surface area contributed by atoms with E-state index in [1.807, 2.05) is 17.8 Å². The standard InChI is InChI=1S/C14H20ClN3O/c1-4-11-14(15)13(18(3)17-11)8-12(16-5-2)10-6-7-19-9-10/h6-7,9,12,16H,4-5,8H2,1-3H3. The van der Waals surface area contributed by atoms with Crippen LogP contribution in [0.25, 0.3) is 0 Å². The van der Waals surface area contributed by atoms with E-state index in [9.17, 15) is 0 Å². The molecule has 1 atom stereocenters. The minimum absolute atomic E-state index is 0.196. The summed E-state index contributed by atoms with van der Waals surface area (Å²) in [5.74, 6) is 0. The molecule has 2 aromatic heterocycles. The number of nitrogens with one attached hydrogen (secondary N) is 1. The largest absolute Gasteiger partial charge is 0.472 e. The smallest absolute Gasteiger partial charge is 0.0950 e. The maximum atomic E-state index is 6.40. The quantitative estimate of drug-likeness (QED) is 0.885. The Bertz CT molecular complexity index is 519. The first-order chi connectivity index (χ1) is 9.17. The van der Waals surface area contributed by atoms with Crippen molar-refractivity contribution in [1.29, 1.82) is 0 Å². The van der Waals surface area contributed by atoms with Crippen LogP contribution in [0.5, 0.6) is 0 Å². The summed E-state index contributed by atoms with van der Waals surface area (Å²) in [6.45, 7) is 5.05. The van der Waals surface area contributed by atoms with Gasteiger partial charge in [-0.1, -0.05) is 25.4 Å². The van der Waals surface area contributed by atoms with Crippen molar-refractivity contribution in [3.8, 4) is 0 Å². The fraction of sp³-hybridized carbons (Fsp3) is 0.500. The molecule has 0 spiro atoms. The predicted molar refractivity (Wildman–Crippen MR) is 76.4 cm³/mol. The molecule has 0 aliphatic heterocycles. The highest BCUT2D eigenvalue weighted by atomic mass is 35.5. The van der Waals surface area contributed by atoms with Crippen molar-refractivity contribution in [2.45, 2.75) is 32.7 Å². The second-order valence-electron chi connectivity index (χ2n) is 4.56. The van der Waals surface area contributed by atoms with Crippen molar-refractivity contribution in [2.24, 2.45) is 7.05 Å². The molecule has 2 rings (SSSR count). The van der Waals surface area contributed by atoms with Crippen LogP contribution in [0.15, 0.2) is 23.0 Å². The Morgan fingerprint density at radius 1 is 1.47 bits per heavy atom. The fourth-order valence-electron chi connectivity index (χ4n) is 2.26. The molecule has 5 heteroatoms. The number of aromatic nitrogens is 2. The lowest BCUT2D eigenvalue weighted by molar-refractivity contribution is 0.512. The second kappa shape index (κ2) is 6.26. The number of hydrogen-bond acceptors (Lipinski definition) is 3. The Balaban J connectivity index is 2.24. The molecule has 104 valence electrons. The highest BCUT2D eigenvalue weighted by Gasteiger charge is 2.19. The molecule has 19 heavy (non-hydrogen) atoms. The molecular formula is C14H20ClN3O. The third kappa shape index (κ3) is 3.01. The highest BCUT2D eigenvalue weighted by Crippen LogP contribution is 2.26. The number of halogens is 1. The Kier molecular flexibility index (Phi) is 4.66. The van der Waals surface area contributed by atoms with E-state index in [1.165, 1.54) is 0 Å². The molecule has 0 saturated heterocycles.